The molecule has 13 heavy (non-hydrogen) atoms. The SMILES string of the molecule is CC(CCC(C)S(=O)(=O)[O-])OO.[Na+]. The van der Waals surface area contributed by atoms with Gasteiger partial charge in [0.05, 0.1) is 16.2 Å². The molecule has 7 heteroatoms. The van der Waals surface area contributed by atoms with E-state index in [0.717, 1.165) is 0 Å². The van der Waals surface area contributed by atoms with Crippen LogP contribution in [0.4, 0.5) is 0 Å². The van der Waals surface area contributed by atoms with E-state index in [0.29, 0.717) is 6.42 Å². The summed E-state index contributed by atoms with van der Waals surface area (Å²) in [6, 6.07) is 0. The van der Waals surface area contributed by atoms with Gasteiger partial charge in [-0.1, -0.05) is 0 Å². The van der Waals surface area contributed by atoms with Gasteiger partial charge in [0.15, 0.2) is 0 Å². The van der Waals surface area contributed by atoms with Crippen LogP contribution in [0, 0.1) is 0 Å². The molecule has 2 unspecified atom stereocenters. The quantitative estimate of drug-likeness (QED) is 0.241. The molecule has 0 radical (unpaired) electrons. The molecular weight excluding hydrogens is 207 g/mol. The Balaban J connectivity index is 0. The zero-order chi connectivity index (χ0) is 9.78. The Bertz CT molecular complexity index is 215. The van der Waals surface area contributed by atoms with Gasteiger partial charge in [0.1, 0.15) is 0 Å². The molecular formula is C6H13NaO5S. The van der Waals surface area contributed by atoms with Crippen molar-refractivity contribution in [3.63, 3.8) is 0 Å². The summed E-state index contributed by atoms with van der Waals surface area (Å²) in [4.78, 5) is 3.92. The van der Waals surface area contributed by atoms with Crippen LogP contribution in [-0.2, 0) is 15.0 Å². The molecule has 0 aliphatic carbocycles. The largest absolute Gasteiger partial charge is 1.00 e. The van der Waals surface area contributed by atoms with Crippen molar-refractivity contribution in [2.75, 3.05) is 0 Å². The second-order valence-electron chi connectivity index (χ2n) is 2.80. The Labute approximate surface area is 100 Å². The minimum Gasteiger partial charge on any atom is -0.748 e. The van der Waals surface area contributed by atoms with Crippen LogP contribution in [0.5, 0.6) is 0 Å². The summed E-state index contributed by atoms with van der Waals surface area (Å²) < 4.78 is 31.1. The fourth-order valence-corrected chi connectivity index (χ4v) is 1.09. The van der Waals surface area contributed by atoms with Crippen LogP contribution in [0.1, 0.15) is 26.7 Å². The van der Waals surface area contributed by atoms with Crippen molar-refractivity contribution in [3.8, 4) is 0 Å². The molecule has 2 atom stereocenters. The molecule has 0 aliphatic heterocycles. The fourth-order valence-electron chi connectivity index (χ4n) is 0.666. The smallest absolute Gasteiger partial charge is 0.748 e. The minimum absolute atomic E-state index is 0. The van der Waals surface area contributed by atoms with Gasteiger partial charge in [0, 0.05) is 5.25 Å². The third-order valence-electron chi connectivity index (χ3n) is 1.65. The van der Waals surface area contributed by atoms with Crippen LogP contribution >= 0.6 is 0 Å². The summed E-state index contributed by atoms with van der Waals surface area (Å²) in [5.74, 6) is 0. The number of hydrogen-bond donors (Lipinski definition) is 1. The van der Waals surface area contributed by atoms with E-state index in [4.69, 9.17) is 5.26 Å². The first-order valence-corrected chi connectivity index (χ1v) is 5.10. The predicted molar refractivity (Wildman–Crippen MR) is 41.6 cm³/mol. The van der Waals surface area contributed by atoms with E-state index in [9.17, 15) is 13.0 Å². The molecule has 5 nitrogen and oxygen atoms in total. The second kappa shape index (κ2) is 7.17. The molecule has 0 rings (SSSR count). The number of rotatable bonds is 5. The molecule has 0 spiro atoms. The molecule has 0 bridgehead atoms. The van der Waals surface area contributed by atoms with E-state index in [1.54, 1.807) is 6.92 Å². The van der Waals surface area contributed by atoms with Crippen molar-refractivity contribution in [3.05, 3.63) is 0 Å². The average molecular weight is 220 g/mol. The van der Waals surface area contributed by atoms with E-state index in [-0.39, 0.29) is 36.0 Å². The van der Waals surface area contributed by atoms with E-state index < -0.39 is 21.5 Å². The van der Waals surface area contributed by atoms with Gasteiger partial charge >= 0.3 is 29.6 Å². The van der Waals surface area contributed by atoms with E-state index in [2.05, 4.69) is 4.89 Å². The van der Waals surface area contributed by atoms with Crippen LogP contribution in [-0.4, -0.2) is 29.6 Å². The van der Waals surface area contributed by atoms with Crippen molar-refractivity contribution < 1.29 is 52.7 Å². The van der Waals surface area contributed by atoms with Crippen LogP contribution in [0.2, 0.25) is 0 Å². The van der Waals surface area contributed by atoms with E-state index >= 15 is 0 Å². The maximum absolute atomic E-state index is 10.4. The van der Waals surface area contributed by atoms with Gasteiger partial charge < -0.3 is 4.55 Å². The summed E-state index contributed by atoms with van der Waals surface area (Å²) in [7, 11) is -4.19. The van der Waals surface area contributed by atoms with Crippen molar-refractivity contribution in [2.24, 2.45) is 0 Å². The molecule has 0 aromatic heterocycles. The van der Waals surface area contributed by atoms with Gasteiger partial charge in [-0.25, -0.2) is 13.3 Å². The topological polar surface area (TPSA) is 86.7 Å². The summed E-state index contributed by atoms with van der Waals surface area (Å²) >= 11 is 0. The van der Waals surface area contributed by atoms with E-state index in [1.807, 2.05) is 0 Å². The summed E-state index contributed by atoms with van der Waals surface area (Å²) in [5, 5.41) is 7.20. The maximum Gasteiger partial charge on any atom is 1.00 e. The Hall–Kier alpha value is 0.830. The zero-order valence-electron chi connectivity index (χ0n) is 8.06. The molecule has 1 N–H and O–H groups in total. The van der Waals surface area contributed by atoms with Crippen molar-refractivity contribution in [1.29, 1.82) is 0 Å². The minimum atomic E-state index is -4.19. The van der Waals surface area contributed by atoms with Crippen LogP contribution in [0.15, 0.2) is 0 Å². The van der Waals surface area contributed by atoms with Gasteiger partial charge in [-0.05, 0) is 26.7 Å². The maximum atomic E-state index is 10.4. The standard InChI is InChI=1S/C6H14O5S.Na/c1-5(11-7)3-4-6(2)12(8,9)10;/h5-7H,3-4H2,1-2H3,(H,8,9,10);/q;+1/p-1. The third kappa shape index (κ3) is 7.87. The molecule has 74 valence electrons. The first kappa shape index (κ1) is 16.3. The monoisotopic (exact) mass is 220 g/mol. The molecule has 0 aromatic rings. The second-order valence-corrected chi connectivity index (χ2v) is 4.59. The number of hydrogen-bond acceptors (Lipinski definition) is 5. The molecule has 0 saturated carbocycles. The molecule has 0 aromatic carbocycles. The van der Waals surface area contributed by atoms with E-state index in [1.165, 1.54) is 6.92 Å². The van der Waals surface area contributed by atoms with Crippen LogP contribution in [0.3, 0.4) is 0 Å². The summed E-state index contributed by atoms with van der Waals surface area (Å²) in [6.07, 6.45) is 0.112. The Morgan fingerprint density at radius 3 is 2.15 bits per heavy atom. The normalized spacial score (nSPS) is 16.0. The van der Waals surface area contributed by atoms with Gasteiger partial charge in [0.2, 0.25) is 0 Å². The van der Waals surface area contributed by atoms with Gasteiger partial charge in [-0.3, -0.25) is 5.26 Å². The van der Waals surface area contributed by atoms with Crippen LogP contribution < -0.4 is 29.6 Å². The molecule has 0 amide bonds. The van der Waals surface area contributed by atoms with Crippen molar-refractivity contribution >= 4 is 10.1 Å². The average Bonchev–Trinajstić information content (AvgIpc) is 1.97. The molecule has 0 fully saturated rings. The molecule has 0 heterocycles. The van der Waals surface area contributed by atoms with Gasteiger partial charge in [0.25, 0.3) is 0 Å². The van der Waals surface area contributed by atoms with Crippen molar-refractivity contribution in [2.45, 2.75) is 38.0 Å². The Kier molecular flexibility index (Phi) is 8.97. The van der Waals surface area contributed by atoms with Gasteiger partial charge in [-0.15, -0.1) is 0 Å². The van der Waals surface area contributed by atoms with Crippen LogP contribution in [0.25, 0.3) is 0 Å². The predicted octanol–water partition coefficient (Wildman–Crippen LogP) is -2.42. The fraction of sp³-hybridized carbons (Fsp3) is 1.00. The van der Waals surface area contributed by atoms with Gasteiger partial charge in [-0.2, -0.15) is 0 Å². The third-order valence-corrected chi connectivity index (χ3v) is 2.87. The summed E-state index contributed by atoms with van der Waals surface area (Å²) in [5.41, 5.74) is 0. The Morgan fingerprint density at radius 1 is 1.38 bits per heavy atom. The zero-order valence-corrected chi connectivity index (χ0v) is 10.9. The molecule has 0 saturated heterocycles. The Morgan fingerprint density at radius 2 is 1.85 bits per heavy atom. The summed E-state index contributed by atoms with van der Waals surface area (Å²) in [6.45, 7) is 2.93. The molecule has 0 aliphatic rings. The van der Waals surface area contributed by atoms with Crippen molar-refractivity contribution in [1.82, 2.24) is 0 Å². The first-order chi connectivity index (χ1) is 5.38. The first-order valence-electron chi connectivity index (χ1n) is 3.63.